The molecule has 0 aromatic heterocycles. The molecule has 0 aliphatic carbocycles. The summed E-state index contributed by atoms with van der Waals surface area (Å²) in [4.78, 5) is 0. The second kappa shape index (κ2) is 4.00. The summed E-state index contributed by atoms with van der Waals surface area (Å²) in [7, 11) is 0. The van der Waals surface area contributed by atoms with Crippen LogP contribution in [0.15, 0.2) is 30.9 Å². The fourth-order valence-electron chi connectivity index (χ4n) is 0.832. The van der Waals surface area contributed by atoms with Gasteiger partial charge in [-0.25, -0.2) is 4.39 Å². The highest BCUT2D eigenvalue weighted by molar-refractivity contribution is 14.1. The quantitative estimate of drug-likeness (QED) is 0.651. The standard InChI is InChI=1S/C9H8FIO/c1-2-9(12)6-3-4-7(10)8(11)5-6/h2-5,9,12H,1H2. The molecule has 1 aromatic carbocycles. The van der Waals surface area contributed by atoms with E-state index in [1.165, 1.54) is 12.1 Å². The van der Waals surface area contributed by atoms with E-state index in [4.69, 9.17) is 0 Å². The predicted octanol–water partition coefficient (Wildman–Crippen LogP) is 2.65. The largest absolute Gasteiger partial charge is 0.384 e. The van der Waals surface area contributed by atoms with Gasteiger partial charge in [0.1, 0.15) is 5.82 Å². The average molecular weight is 278 g/mol. The predicted molar refractivity (Wildman–Crippen MR) is 54.3 cm³/mol. The molecule has 0 amide bonds. The molecule has 0 aliphatic heterocycles. The first-order valence-corrected chi connectivity index (χ1v) is 4.48. The first-order chi connectivity index (χ1) is 5.65. The van der Waals surface area contributed by atoms with Crippen LogP contribution in [-0.4, -0.2) is 5.11 Å². The van der Waals surface area contributed by atoms with E-state index < -0.39 is 6.10 Å². The summed E-state index contributed by atoms with van der Waals surface area (Å²) < 4.78 is 13.3. The molecule has 0 bridgehead atoms. The van der Waals surface area contributed by atoms with Crippen LogP contribution in [0.5, 0.6) is 0 Å². The summed E-state index contributed by atoms with van der Waals surface area (Å²) in [6, 6.07) is 4.48. The molecule has 1 atom stereocenters. The molecule has 0 fully saturated rings. The van der Waals surface area contributed by atoms with Gasteiger partial charge in [-0.05, 0) is 40.3 Å². The third-order valence-corrected chi connectivity index (χ3v) is 2.34. The average Bonchev–Trinajstić information content (AvgIpc) is 2.08. The molecule has 3 heteroatoms. The lowest BCUT2D eigenvalue weighted by atomic mass is 10.1. The number of rotatable bonds is 2. The van der Waals surface area contributed by atoms with Crippen molar-refractivity contribution in [1.82, 2.24) is 0 Å². The van der Waals surface area contributed by atoms with Crippen LogP contribution in [0.4, 0.5) is 4.39 Å². The summed E-state index contributed by atoms with van der Waals surface area (Å²) in [5.74, 6) is -0.268. The zero-order chi connectivity index (χ0) is 9.14. The molecule has 0 radical (unpaired) electrons. The number of hydrogen-bond donors (Lipinski definition) is 1. The SMILES string of the molecule is C=CC(O)c1ccc(F)c(I)c1. The molecule has 64 valence electrons. The van der Waals surface area contributed by atoms with Gasteiger partial charge in [0.05, 0.1) is 6.10 Å². The van der Waals surface area contributed by atoms with Crippen molar-refractivity contribution in [2.45, 2.75) is 6.10 Å². The summed E-state index contributed by atoms with van der Waals surface area (Å²) >= 11 is 1.88. The number of aliphatic hydroxyl groups is 1. The Kier molecular flexibility index (Phi) is 3.22. The maximum Gasteiger partial charge on any atom is 0.136 e. The van der Waals surface area contributed by atoms with Gasteiger partial charge in [-0.2, -0.15) is 0 Å². The Balaban J connectivity index is 3.04. The third kappa shape index (κ3) is 2.04. The molecule has 12 heavy (non-hydrogen) atoms. The Bertz CT molecular complexity index is 299. The molecule has 0 aliphatic rings. The molecule has 0 spiro atoms. The van der Waals surface area contributed by atoms with E-state index in [1.54, 1.807) is 12.1 Å². The normalized spacial score (nSPS) is 12.6. The molecule has 1 aromatic rings. The van der Waals surface area contributed by atoms with Gasteiger partial charge in [0.15, 0.2) is 0 Å². The zero-order valence-corrected chi connectivity index (χ0v) is 8.45. The number of benzene rings is 1. The van der Waals surface area contributed by atoms with Gasteiger partial charge in [0.2, 0.25) is 0 Å². The van der Waals surface area contributed by atoms with Gasteiger partial charge < -0.3 is 5.11 Å². The third-order valence-electron chi connectivity index (χ3n) is 1.51. The van der Waals surface area contributed by atoms with Crippen LogP contribution in [0.2, 0.25) is 0 Å². The van der Waals surface area contributed by atoms with Crippen molar-refractivity contribution in [2.75, 3.05) is 0 Å². The van der Waals surface area contributed by atoms with E-state index >= 15 is 0 Å². The maximum absolute atomic E-state index is 12.8. The van der Waals surface area contributed by atoms with Gasteiger partial charge in [-0.3, -0.25) is 0 Å². The van der Waals surface area contributed by atoms with Gasteiger partial charge in [0.25, 0.3) is 0 Å². The summed E-state index contributed by atoms with van der Waals surface area (Å²) in [5, 5.41) is 9.30. The first kappa shape index (κ1) is 9.67. The van der Waals surface area contributed by atoms with E-state index in [0.717, 1.165) is 0 Å². The van der Waals surface area contributed by atoms with Crippen LogP contribution in [-0.2, 0) is 0 Å². The van der Waals surface area contributed by atoms with Crippen molar-refractivity contribution in [1.29, 1.82) is 0 Å². The van der Waals surface area contributed by atoms with E-state index in [1.807, 2.05) is 22.6 Å². The minimum absolute atomic E-state index is 0.268. The Hall–Kier alpha value is -0.420. The van der Waals surface area contributed by atoms with Crippen molar-refractivity contribution in [3.63, 3.8) is 0 Å². The van der Waals surface area contributed by atoms with Crippen LogP contribution in [0.1, 0.15) is 11.7 Å². The summed E-state index contributed by atoms with van der Waals surface area (Å²) in [6.07, 6.45) is 0.697. The van der Waals surface area contributed by atoms with Gasteiger partial charge in [0, 0.05) is 3.57 Å². The maximum atomic E-state index is 12.8. The lowest BCUT2D eigenvalue weighted by molar-refractivity contribution is 0.229. The van der Waals surface area contributed by atoms with E-state index in [2.05, 4.69) is 6.58 Å². The highest BCUT2D eigenvalue weighted by Crippen LogP contribution is 2.18. The van der Waals surface area contributed by atoms with Gasteiger partial charge >= 0.3 is 0 Å². The summed E-state index contributed by atoms with van der Waals surface area (Å²) in [6.45, 7) is 3.44. The molecule has 0 saturated heterocycles. The van der Waals surface area contributed by atoms with Crippen molar-refractivity contribution >= 4 is 22.6 Å². The highest BCUT2D eigenvalue weighted by Gasteiger charge is 2.05. The first-order valence-electron chi connectivity index (χ1n) is 3.40. The number of halogens is 2. The van der Waals surface area contributed by atoms with Crippen molar-refractivity contribution in [3.05, 3.63) is 45.8 Å². The lowest BCUT2D eigenvalue weighted by Crippen LogP contribution is -1.94. The second-order valence-corrected chi connectivity index (χ2v) is 3.52. The van der Waals surface area contributed by atoms with E-state index in [9.17, 15) is 9.50 Å². The van der Waals surface area contributed by atoms with Crippen LogP contribution < -0.4 is 0 Å². The lowest BCUT2D eigenvalue weighted by Gasteiger charge is -2.05. The Labute approximate surface area is 84.1 Å². The number of hydrogen-bond acceptors (Lipinski definition) is 1. The van der Waals surface area contributed by atoms with Crippen LogP contribution in [0.25, 0.3) is 0 Å². The van der Waals surface area contributed by atoms with E-state index in [0.29, 0.717) is 9.13 Å². The molecule has 0 heterocycles. The molecule has 1 rings (SSSR count). The number of aliphatic hydroxyl groups excluding tert-OH is 1. The van der Waals surface area contributed by atoms with Gasteiger partial charge in [-0.1, -0.05) is 12.1 Å². The molecule has 1 N–H and O–H groups in total. The van der Waals surface area contributed by atoms with Crippen molar-refractivity contribution in [3.8, 4) is 0 Å². The van der Waals surface area contributed by atoms with Crippen molar-refractivity contribution < 1.29 is 9.50 Å². The Morgan fingerprint density at radius 3 is 2.75 bits per heavy atom. The molecule has 1 unspecified atom stereocenters. The minimum Gasteiger partial charge on any atom is -0.384 e. The topological polar surface area (TPSA) is 20.2 Å². The molecular weight excluding hydrogens is 270 g/mol. The van der Waals surface area contributed by atoms with Gasteiger partial charge in [-0.15, -0.1) is 6.58 Å². The van der Waals surface area contributed by atoms with E-state index in [-0.39, 0.29) is 5.82 Å². The second-order valence-electron chi connectivity index (χ2n) is 2.35. The molecule has 1 nitrogen and oxygen atoms in total. The fourth-order valence-corrected chi connectivity index (χ4v) is 1.37. The monoisotopic (exact) mass is 278 g/mol. The van der Waals surface area contributed by atoms with Crippen LogP contribution in [0, 0.1) is 9.39 Å². The zero-order valence-electron chi connectivity index (χ0n) is 6.30. The Morgan fingerprint density at radius 1 is 1.58 bits per heavy atom. The van der Waals surface area contributed by atoms with Crippen LogP contribution in [0.3, 0.4) is 0 Å². The molecular formula is C9H8FIO. The Morgan fingerprint density at radius 2 is 2.25 bits per heavy atom. The summed E-state index contributed by atoms with van der Waals surface area (Å²) in [5.41, 5.74) is 0.663. The van der Waals surface area contributed by atoms with Crippen LogP contribution >= 0.6 is 22.6 Å². The molecule has 0 saturated carbocycles. The van der Waals surface area contributed by atoms with Crippen molar-refractivity contribution in [2.24, 2.45) is 0 Å². The fraction of sp³-hybridized carbons (Fsp3) is 0.111. The highest BCUT2D eigenvalue weighted by atomic mass is 127. The minimum atomic E-state index is -0.709. The smallest absolute Gasteiger partial charge is 0.136 e.